The molecule has 3 rings (SSSR count). The molecule has 2 aromatic heterocycles. The number of nitro groups is 1. The van der Waals surface area contributed by atoms with Gasteiger partial charge in [-0.15, -0.1) is 28.8 Å². The molecule has 4 N–H and O–H groups in total. The molecular formula is C14H12Cl3N7O2S. The summed E-state index contributed by atoms with van der Waals surface area (Å²) >= 11 is 13.6. The van der Waals surface area contributed by atoms with Crippen LogP contribution in [0.15, 0.2) is 27.7 Å². The topological polar surface area (TPSA) is 137 Å². The molecule has 0 aliphatic rings. The summed E-state index contributed by atoms with van der Waals surface area (Å²) in [5.74, 6) is -0.203. The Hall–Kier alpha value is -2.40. The number of rotatable bonds is 4. The molecule has 0 amide bonds. The maximum atomic E-state index is 11.2. The fraction of sp³-hybridized carbons (Fsp3) is 0.0714. The van der Waals surface area contributed by atoms with E-state index in [1.807, 2.05) is 16.7 Å². The smallest absolute Gasteiger partial charge is 0.288 e. The van der Waals surface area contributed by atoms with Crippen molar-refractivity contribution in [2.24, 2.45) is 21.7 Å². The average molecular weight is 449 g/mol. The van der Waals surface area contributed by atoms with Gasteiger partial charge in [-0.05, 0) is 13.0 Å². The number of halogens is 3. The van der Waals surface area contributed by atoms with E-state index in [4.69, 9.17) is 34.7 Å². The Morgan fingerprint density at radius 3 is 2.70 bits per heavy atom. The molecule has 0 aliphatic heterocycles. The molecule has 27 heavy (non-hydrogen) atoms. The highest BCUT2D eigenvalue weighted by Crippen LogP contribution is 2.38. The summed E-state index contributed by atoms with van der Waals surface area (Å²) in [6.07, 6.45) is 1.41. The number of nitrogens with zero attached hydrogens (tertiary/aromatic N) is 5. The normalized spacial score (nSPS) is 10.9. The first kappa shape index (κ1) is 20.9. The molecule has 13 heteroatoms. The van der Waals surface area contributed by atoms with Gasteiger partial charge in [-0.25, -0.2) is 4.98 Å². The van der Waals surface area contributed by atoms with Gasteiger partial charge in [0.15, 0.2) is 4.96 Å². The lowest BCUT2D eigenvalue weighted by molar-refractivity contribution is -0.384. The predicted octanol–water partition coefficient (Wildman–Crippen LogP) is 3.62. The molecule has 142 valence electrons. The molecule has 0 saturated carbocycles. The lowest BCUT2D eigenvalue weighted by Crippen LogP contribution is -2.21. The molecule has 0 spiro atoms. The van der Waals surface area contributed by atoms with Gasteiger partial charge in [0, 0.05) is 22.7 Å². The highest BCUT2D eigenvalue weighted by molar-refractivity contribution is 7.15. The second-order valence-electron chi connectivity index (χ2n) is 5.15. The minimum absolute atomic E-state index is 0. The Bertz CT molecular complexity index is 1090. The summed E-state index contributed by atoms with van der Waals surface area (Å²) in [4.78, 5) is 15.8. The Balaban J connectivity index is 0.00000261. The van der Waals surface area contributed by atoms with Gasteiger partial charge in [0.1, 0.15) is 10.7 Å². The Labute approximate surface area is 172 Å². The molecule has 0 saturated heterocycles. The lowest BCUT2D eigenvalue weighted by Gasteiger charge is -2.05. The van der Waals surface area contributed by atoms with Crippen LogP contribution in [-0.4, -0.2) is 26.5 Å². The number of nitrogens with two attached hydrogens (primary N) is 2. The highest BCUT2D eigenvalue weighted by atomic mass is 35.5. The quantitative estimate of drug-likeness (QED) is 0.272. The van der Waals surface area contributed by atoms with Crippen molar-refractivity contribution in [3.63, 3.8) is 0 Å². The third kappa shape index (κ3) is 3.98. The van der Waals surface area contributed by atoms with Crippen molar-refractivity contribution in [3.8, 4) is 11.3 Å². The first-order valence-electron chi connectivity index (χ1n) is 7.02. The molecule has 0 unspecified atom stereocenters. The molecule has 3 aromatic rings. The van der Waals surface area contributed by atoms with Crippen LogP contribution in [0.4, 0.5) is 5.69 Å². The predicted molar refractivity (Wildman–Crippen MR) is 111 cm³/mol. The molecule has 0 aliphatic carbocycles. The van der Waals surface area contributed by atoms with Crippen molar-refractivity contribution in [1.82, 2.24) is 9.38 Å². The summed E-state index contributed by atoms with van der Waals surface area (Å²) in [5, 5.41) is 20.7. The van der Waals surface area contributed by atoms with E-state index in [0.717, 1.165) is 5.69 Å². The van der Waals surface area contributed by atoms with Gasteiger partial charge in [0.2, 0.25) is 5.96 Å². The third-order valence-corrected chi connectivity index (χ3v) is 4.97. The Morgan fingerprint density at radius 1 is 1.37 bits per heavy atom. The zero-order valence-electron chi connectivity index (χ0n) is 13.6. The molecule has 1 aromatic carbocycles. The third-order valence-electron chi connectivity index (χ3n) is 3.41. The van der Waals surface area contributed by atoms with Crippen LogP contribution in [0, 0.1) is 17.0 Å². The monoisotopic (exact) mass is 447 g/mol. The fourth-order valence-electron chi connectivity index (χ4n) is 2.35. The minimum atomic E-state index is -0.584. The zero-order valence-corrected chi connectivity index (χ0v) is 16.7. The summed E-state index contributed by atoms with van der Waals surface area (Å²) in [7, 11) is 0. The van der Waals surface area contributed by atoms with Crippen molar-refractivity contribution >= 4 is 69.8 Å². The van der Waals surface area contributed by atoms with E-state index in [-0.39, 0.29) is 34.1 Å². The van der Waals surface area contributed by atoms with Crippen molar-refractivity contribution in [2.45, 2.75) is 6.92 Å². The number of hydrogen-bond donors (Lipinski definition) is 2. The summed E-state index contributed by atoms with van der Waals surface area (Å²) in [5.41, 5.74) is 12.5. The van der Waals surface area contributed by atoms with E-state index in [1.54, 1.807) is 0 Å². The maximum Gasteiger partial charge on any atom is 0.288 e. The van der Waals surface area contributed by atoms with Crippen molar-refractivity contribution in [3.05, 3.63) is 49.1 Å². The van der Waals surface area contributed by atoms with Crippen LogP contribution in [0.25, 0.3) is 16.2 Å². The number of imidazole rings is 1. The highest BCUT2D eigenvalue weighted by Gasteiger charge is 2.22. The van der Waals surface area contributed by atoms with E-state index >= 15 is 0 Å². The number of thiazole rings is 1. The number of fused-ring (bicyclic) bond motifs is 1. The SMILES string of the molecule is Cc1csc2nc(-c3cc([N+](=O)[O-])c(Cl)cc3Cl)c(/C=N/N=C(N)N)n12.Cl. The minimum Gasteiger partial charge on any atom is -0.369 e. The number of nitro benzene ring substituents is 1. The van der Waals surface area contributed by atoms with Crippen molar-refractivity contribution in [2.75, 3.05) is 0 Å². The molecule has 0 radical (unpaired) electrons. The zero-order chi connectivity index (χ0) is 19.0. The largest absolute Gasteiger partial charge is 0.369 e. The number of benzene rings is 1. The Morgan fingerprint density at radius 2 is 2.07 bits per heavy atom. The molecule has 9 nitrogen and oxygen atoms in total. The van der Waals surface area contributed by atoms with Gasteiger partial charge < -0.3 is 11.5 Å². The summed E-state index contributed by atoms with van der Waals surface area (Å²) < 4.78 is 1.82. The van der Waals surface area contributed by atoms with Crippen LogP contribution in [0.2, 0.25) is 10.0 Å². The standard InChI is InChI=1S/C14H11Cl2N7O2S.ClH/c1-6-5-26-14-20-12(11(22(6)14)4-19-21-13(17)18)7-2-10(23(24)25)9(16)3-8(7)15;/h2-5H,1H3,(H4,17,18,21);1H/b19-4+;. The number of aromatic nitrogens is 2. The van der Waals surface area contributed by atoms with Crippen LogP contribution in [-0.2, 0) is 0 Å². The average Bonchev–Trinajstić information content (AvgIpc) is 3.07. The van der Waals surface area contributed by atoms with Gasteiger partial charge >= 0.3 is 0 Å². The lowest BCUT2D eigenvalue weighted by atomic mass is 10.1. The summed E-state index contributed by atoms with van der Waals surface area (Å²) in [6.45, 7) is 1.89. The van der Waals surface area contributed by atoms with Crippen molar-refractivity contribution in [1.29, 1.82) is 0 Å². The molecule has 0 fully saturated rings. The van der Waals surface area contributed by atoms with Gasteiger partial charge in [-0.2, -0.15) is 5.10 Å². The van der Waals surface area contributed by atoms with E-state index in [9.17, 15) is 10.1 Å². The molecule has 2 heterocycles. The van der Waals surface area contributed by atoms with Crippen LogP contribution < -0.4 is 11.5 Å². The van der Waals surface area contributed by atoms with Crippen LogP contribution in [0.3, 0.4) is 0 Å². The van der Waals surface area contributed by atoms with Gasteiger partial charge in [-0.3, -0.25) is 14.5 Å². The fourth-order valence-corrected chi connectivity index (χ4v) is 3.76. The first-order chi connectivity index (χ1) is 12.3. The summed E-state index contributed by atoms with van der Waals surface area (Å²) in [6, 6.07) is 2.60. The van der Waals surface area contributed by atoms with Crippen LogP contribution >= 0.6 is 46.9 Å². The molecule has 0 atom stereocenters. The number of hydrogen-bond acceptors (Lipinski definition) is 6. The molecule has 0 bridgehead atoms. The number of aryl methyl sites for hydroxylation is 1. The van der Waals surface area contributed by atoms with E-state index in [0.29, 0.717) is 21.9 Å². The van der Waals surface area contributed by atoms with Crippen LogP contribution in [0.5, 0.6) is 0 Å². The van der Waals surface area contributed by atoms with Gasteiger partial charge in [0.25, 0.3) is 5.69 Å². The van der Waals surface area contributed by atoms with E-state index in [2.05, 4.69) is 15.2 Å². The van der Waals surface area contributed by atoms with Gasteiger partial charge in [0.05, 0.1) is 21.9 Å². The maximum absolute atomic E-state index is 11.2. The van der Waals surface area contributed by atoms with E-state index < -0.39 is 4.92 Å². The first-order valence-corrected chi connectivity index (χ1v) is 8.65. The van der Waals surface area contributed by atoms with E-state index in [1.165, 1.54) is 29.7 Å². The van der Waals surface area contributed by atoms with Gasteiger partial charge in [-0.1, -0.05) is 23.2 Å². The second kappa shape index (κ2) is 8.09. The molecular weight excluding hydrogens is 437 g/mol. The number of guanidine groups is 1. The van der Waals surface area contributed by atoms with Crippen molar-refractivity contribution < 1.29 is 4.92 Å². The Kier molecular flexibility index (Phi) is 6.26. The van der Waals surface area contributed by atoms with Crippen LogP contribution in [0.1, 0.15) is 11.4 Å². The second-order valence-corrected chi connectivity index (χ2v) is 6.80.